The Balaban J connectivity index is 2.07. The highest BCUT2D eigenvalue weighted by atomic mass is 16.1. The van der Waals surface area contributed by atoms with Crippen LogP contribution in [-0.4, -0.2) is 21.9 Å². The van der Waals surface area contributed by atoms with Gasteiger partial charge in [0.1, 0.15) is 5.78 Å². The SMILES string of the molecule is Cn1ccc2c(C3CC(=O)CCN3)nccc21. The van der Waals surface area contributed by atoms with Gasteiger partial charge in [0.15, 0.2) is 0 Å². The second-order valence-electron chi connectivity index (χ2n) is 4.56. The number of pyridine rings is 1. The zero-order valence-corrected chi connectivity index (χ0v) is 9.81. The molecule has 1 atom stereocenters. The molecule has 0 saturated carbocycles. The van der Waals surface area contributed by atoms with Crippen molar-refractivity contribution in [3.8, 4) is 0 Å². The second-order valence-corrected chi connectivity index (χ2v) is 4.56. The minimum Gasteiger partial charge on any atom is -0.350 e. The number of aromatic nitrogens is 2. The number of rotatable bonds is 1. The van der Waals surface area contributed by atoms with Crippen LogP contribution in [0.3, 0.4) is 0 Å². The van der Waals surface area contributed by atoms with Crippen LogP contribution < -0.4 is 5.32 Å². The van der Waals surface area contributed by atoms with Crippen molar-refractivity contribution in [3.05, 3.63) is 30.2 Å². The highest BCUT2D eigenvalue weighted by Gasteiger charge is 2.23. The van der Waals surface area contributed by atoms with Gasteiger partial charge in [-0.1, -0.05) is 0 Å². The summed E-state index contributed by atoms with van der Waals surface area (Å²) in [7, 11) is 2.02. The van der Waals surface area contributed by atoms with E-state index in [1.807, 2.05) is 25.5 Å². The van der Waals surface area contributed by atoms with Crippen LogP contribution in [0.1, 0.15) is 24.6 Å². The molecule has 2 aromatic rings. The van der Waals surface area contributed by atoms with Gasteiger partial charge >= 0.3 is 0 Å². The number of hydrogen-bond donors (Lipinski definition) is 1. The molecular weight excluding hydrogens is 214 g/mol. The lowest BCUT2D eigenvalue weighted by Gasteiger charge is -2.22. The third-order valence-corrected chi connectivity index (χ3v) is 3.40. The maximum absolute atomic E-state index is 11.5. The van der Waals surface area contributed by atoms with E-state index in [9.17, 15) is 4.79 Å². The van der Waals surface area contributed by atoms with Gasteiger partial charge in [-0.05, 0) is 12.1 Å². The summed E-state index contributed by atoms with van der Waals surface area (Å²) in [6.45, 7) is 0.758. The number of nitrogens with zero attached hydrogens (tertiary/aromatic N) is 2. The van der Waals surface area contributed by atoms with Crippen LogP contribution in [-0.2, 0) is 11.8 Å². The van der Waals surface area contributed by atoms with Crippen LogP contribution in [0.15, 0.2) is 24.5 Å². The van der Waals surface area contributed by atoms with Crippen molar-refractivity contribution in [2.75, 3.05) is 6.54 Å². The zero-order chi connectivity index (χ0) is 11.8. The Morgan fingerprint density at radius 1 is 1.47 bits per heavy atom. The Morgan fingerprint density at radius 2 is 2.35 bits per heavy atom. The number of carbonyl (C=O) groups excluding carboxylic acids is 1. The first-order chi connectivity index (χ1) is 8.25. The fourth-order valence-electron chi connectivity index (χ4n) is 2.48. The van der Waals surface area contributed by atoms with Crippen molar-refractivity contribution in [2.45, 2.75) is 18.9 Å². The second kappa shape index (κ2) is 3.96. The van der Waals surface area contributed by atoms with Gasteiger partial charge in [-0.15, -0.1) is 0 Å². The molecule has 4 heteroatoms. The number of Topliss-reactive ketones (excluding diaryl/α,β-unsaturated/α-hetero) is 1. The number of carbonyl (C=O) groups is 1. The van der Waals surface area contributed by atoms with Crippen molar-refractivity contribution in [2.24, 2.45) is 7.05 Å². The molecule has 3 heterocycles. The Bertz CT molecular complexity index is 573. The van der Waals surface area contributed by atoms with Gasteiger partial charge in [0, 0.05) is 44.2 Å². The molecule has 17 heavy (non-hydrogen) atoms. The maximum atomic E-state index is 11.5. The monoisotopic (exact) mass is 229 g/mol. The van der Waals surface area contributed by atoms with Gasteiger partial charge in [-0.25, -0.2) is 0 Å². The van der Waals surface area contributed by atoms with E-state index >= 15 is 0 Å². The van der Waals surface area contributed by atoms with E-state index in [4.69, 9.17) is 0 Å². The zero-order valence-electron chi connectivity index (χ0n) is 9.81. The molecule has 1 aliphatic rings. The predicted molar refractivity (Wildman–Crippen MR) is 65.7 cm³/mol. The van der Waals surface area contributed by atoms with Gasteiger partial charge in [0.05, 0.1) is 17.3 Å². The normalized spacial score (nSPS) is 21.0. The molecule has 88 valence electrons. The van der Waals surface area contributed by atoms with E-state index in [-0.39, 0.29) is 6.04 Å². The van der Waals surface area contributed by atoms with Crippen molar-refractivity contribution >= 4 is 16.7 Å². The summed E-state index contributed by atoms with van der Waals surface area (Å²) in [5, 5.41) is 4.52. The molecule has 0 aromatic carbocycles. The Kier molecular flexibility index (Phi) is 2.44. The molecule has 0 spiro atoms. The summed E-state index contributed by atoms with van der Waals surface area (Å²) in [5.41, 5.74) is 2.16. The van der Waals surface area contributed by atoms with Gasteiger partial charge in [0.25, 0.3) is 0 Å². The van der Waals surface area contributed by atoms with Gasteiger partial charge in [0.2, 0.25) is 0 Å². The van der Waals surface area contributed by atoms with Gasteiger partial charge in [-0.2, -0.15) is 0 Å². The minimum atomic E-state index is 0.0716. The molecule has 1 aliphatic heterocycles. The van der Waals surface area contributed by atoms with E-state index < -0.39 is 0 Å². The molecule has 1 saturated heterocycles. The minimum absolute atomic E-state index is 0.0716. The number of nitrogens with one attached hydrogen (secondary N) is 1. The van der Waals surface area contributed by atoms with Crippen molar-refractivity contribution in [3.63, 3.8) is 0 Å². The molecule has 0 aliphatic carbocycles. The van der Waals surface area contributed by atoms with Crippen LogP contribution in [0, 0.1) is 0 Å². The maximum Gasteiger partial charge on any atom is 0.136 e. The van der Waals surface area contributed by atoms with Crippen LogP contribution >= 0.6 is 0 Å². The Labute approximate surface area is 99.6 Å². The average molecular weight is 229 g/mol. The largest absolute Gasteiger partial charge is 0.350 e. The molecule has 1 N–H and O–H groups in total. The molecule has 2 aromatic heterocycles. The number of hydrogen-bond acceptors (Lipinski definition) is 3. The van der Waals surface area contributed by atoms with Crippen molar-refractivity contribution in [1.29, 1.82) is 0 Å². The summed E-state index contributed by atoms with van der Waals surface area (Å²) in [6, 6.07) is 4.14. The number of ketones is 1. The van der Waals surface area contributed by atoms with E-state index in [0.29, 0.717) is 18.6 Å². The number of aryl methyl sites for hydroxylation is 1. The van der Waals surface area contributed by atoms with Gasteiger partial charge < -0.3 is 9.88 Å². The molecule has 0 amide bonds. The van der Waals surface area contributed by atoms with Crippen LogP contribution in [0.2, 0.25) is 0 Å². The summed E-state index contributed by atoms with van der Waals surface area (Å²) in [6.07, 6.45) is 5.04. The highest BCUT2D eigenvalue weighted by molar-refractivity contribution is 5.85. The van der Waals surface area contributed by atoms with E-state index in [1.54, 1.807) is 0 Å². The fraction of sp³-hybridized carbons (Fsp3) is 0.385. The Morgan fingerprint density at radius 3 is 3.18 bits per heavy atom. The molecule has 4 nitrogen and oxygen atoms in total. The summed E-state index contributed by atoms with van der Waals surface area (Å²) < 4.78 is 2.07. The average Bonchev–Trinajstić information content (AvgIpc) is 2.71. The molecule has 0 bridgehead atoms. The third kappa shape index (κ3) is 1.74. The summed E-state index contributed by atoms with van der Waals surface area (Å²) >= 11 is 0. The third-order valence-electron chi connectivity index (χ3n) is 3.40. The lowest BCUT2D eigenvalue weighted by atomic mass is 9.98. The van der Waals surface area contributed by atoms with Crippen LogP contribution in [0.25, 0.3) is 10.9 Å². The number of piperidine rings is 1. The quantitative estimate of drug-likeness (QED) is 0.807. The first-order valence-electron chi connectivity index (χ1n) is 5.91. The lowest BCUT2D eigenvalue weighted by molar-refractivity contribution is -0.120. The predicted octanol–water partition coefficient (Wildman–Crippen LogP) is 1.57. The summed E-state index contributed by atoms with van der Waals surface area (Å²) in [4.78, 5) is 16.0. The first-order valence-corrected chi connectivity index (χ1v) is 5.91. The van der Waals surface area contributed by atoms with E-state index in [2.05, 4.69) is 20.9 Å². The fourth-order valence-corrected chi connectivity index (χ4v) is 2.48. The van der Waals surface area contributed by atoms with Gasteiger partial charge in [-0.3, -0.25) is 9.78 Å². The Hall–Kier alpha value is -1.68. The standard InChI is InChI=1S/C13H15N3O/c1-16-7-4-10-12(16)3-6-15-13(10)11-8-9(17)2-5-14-11/h3-4,6-7,11,14H,2,5,8H2,1H3. The van der Waals surface area contributed by atoms with Crippen LogP contribution in [0.4, 0.5) is 0 Å². The first kappa shape index (κ1) is 10.5. The summed E-state index contributed by atoms with van der Waals surface area (Å²) in [5.74, 6) is 0.323. The molecule has 3 rings (SSSR count). The van der Waals surface area contributed by atoms with Crippen LogP contribution in [0.5, 0.6) is 0 Å². The molecular formula is C13H15N3O. The highest BCUT2D eigenvalue weighted by Crippen LogP contribution is 2.26. The molecule has 1 unspecified atom stereocenters. The van der Waals surface area contributed by atoms with E-state index in [0.717, 1.165) is 23.1 Å². The molecule has 1 fully saturated rings. The molecule has 0 radical (unpaired) electrons. The smallest absolute Gasteiger partial charge is 0.136 e. The lowest BCUT2D eigenvalue weighted by Crippen LogP contribution is -2.32. The number of fused-ring (bicyclic) bond motifs is 1. The van der Waals surface area contributed by atoms with E-state index in [1.165, 1.54) is 0 Å². The van der Waals surface area contributed by atoms with Crippen molar-refractivity contribution in [1.82, 2.24) is 14.9 Å². The topological polar surface area (TPSA) is 46.9 Å². The van der Waals surface area contributed by atoms with Crippen molar-refractivity contribution < 1.29 is 4.79 Å².